The fourth-order valence-corrected chi connectivity index (χ4v) is 4.19. The number of imidazole rings is 1. The summed E-state index contributed by atoms with van der Waals surface area (Å²) in [6, 6.07) is 25.9. The van der Waals surface area contributed by atoms with Crippen LogP contribution in [0.3, 0.4) is 0 Å². The lowest BCUT2D eigenvalue weighted by Gasteiger charge is -2.27. The highest BCUT2D eigenvalue weighted by molar-refractivity contribution is 7.71. The van der Waals surface area contributed by atoms with Gasteiger partial charge in [0.2, 0.25) is 0 Å². The number of benzene rings is 3. The van der Waals surface area contributed by atoms with E-state index in [-0.39, 0.29) is 12.1 Å². The maximum Gasteiger partial charge on any atom is 0.256 e. The number of hydrogen-bond acceptors (Lipinski definition) is 2. The van der Waals surface area contributed by atoms with Crippen molar-refractivity contribution in [2.45, 2.75) is 12.7 Å². The zero-order valence-electron chi connectivity index (χ0n) is 14.5. The first-order valence-corrected chi connectivity index (χ1v) is 9.28. The summed E-state index contributed by atoms with van der Waals surface area (Å²) in [6.07, 6.45) is -0.266. The molecule has 4 nitrogen and oxygen atoms in total. The highest BCUT2D eigenvalue weighted by atomic mass is 32.1. The highest BCUT2D eigenvalue weighted by Crippen LogP contribution is 2.37. The van der Waals surface area contributed by atoms with Gasteiger partial charge >= 0.3 is 0 Å². The summed E-state index contributed by atoms with van der Waals surface area (Å²) >= 11 is 5.64. The van der Waals surface area contributed by atoms with Crippen LogP contribution in [0.25, 0.3) is 11.0 Å². The van der Waals surface area contributed by atoms with Crippen molar-refractivity contribution >= 4 is 29.2 Å². The number of aromatic nitrogens is 2. The predicted octanol–water partition coefficient (Wildman–Crippen LogP) is 4.90. The topological polar surface area (TPSA) is 41.0 Å². The molecule has 27 heavy (non-hydrogen) atoms. The lowest BCUT2D eigenvalue weighted by Crippen LogP contribution is -2.31. The van der Waals surface area contributed by atoms with Gasteiger partial charge in [-0.15, -0.1) is 0 Å². The van der Waals surface area contributed by atoms with E-state index in [1.54, 1.807) is 0 Å². The van der Waals surface area contributed by atoms with Gasteiger partial charge in [-0.05, 0) is 36.0 Å². The lowest BCUT2D eigenvalue weighted by molar-refractivity contribution is 0.0686. The zero-order valence-corrected chi connectivity index (χ0v) is 15.3. The van der Waals surface area contributed by atoms with Crippen molar-refractivity contribution in [3.8, 4) is 0 Å². The monoisotopic (exact) mass is 371 g/mol. The second-order valence-electron chi connectivity index (χ2n) is 6.70. The van der Waals surface area contributed by atoms with Crippen molar-refractivity contribution in [3.05, 3.63) is 100 Å². The summed E-state index contributed by atoms with van der Waals surface area (Å²) < 4.78 is 2.67. The molecule has 1 aromatic heterocycles. The molecule has 0 fully saturated rings. The van der Waals surface area contributed by atoms with Crippen LogP contribution in [0.1, 0.15) is 27.7 Å². The van der Waals surface area contributed by atoms with Gasteiger partial charge in [0.15, 0.2) is 4.77 Å². The number of nitrogens with zero attached hydrogens (tertiary/aromatic N) is 2. The first-order chi connectivity index (χ1) is 13.2. The molecule has 0 radical (unpaired) electrons. The van der Waals surface area contributed by atoms with E-state index in [1.165, 1.54) is 0 Å². The van der Waals surface area contributed by atoms with Gasteiger partial charge in [0.05, 0.1) is 11.0 Å². The van der Waals surface area contributed by atoms with Gasteiger partial charge in [-0.25, -0.2) is 0 Å². The molecule has 1 atom stereocenters. The third kappa shape index (κ3) is 2.51. The van der Waals surface area contributed by atoms with Gasteiger partial charge in [0, 0.05) is 17.7 Å². The molecule has 1 aliphatic heterocycles. The van der Waals surface area contributed by atoms with Crippen molar-refractivity contribution in [1.82, 2.24) is 14.5 Å². The first-order valence-electron chi connectivity index (χ1n) is 8.87. The first kappa shape index (κ1) is 16.0. The summed E-state index contributed by atoms with van der Waals surface area (Å²) in [6.45, 7) is 0.528. The SMILES string of the molecule is O=C1c2ccccc2C(n2c(=S)[nH]c3ccccc32)N1Cc1ccccc1. The molecule has 0 saturated carbocycles. The van der Waals surface area contributed by atoms with E-state index in [0.29, 0.717) is 11.3 Å². The zero-order chi connectivity index (χ0) is 18.4. The van der Waals surface area contributed by atoms with Crippen LogP contribution in [0.15, 0.2) is 78.9 Å². The molecule has 3 aromatic carbocycles. The Balaban J connectivity index is 1.72. The number of H-pyrrole nitrogens is 1. The number of hydrogen-bond donors (Lipinski definition) is 1. The van der Waals surface area contributed by atoms with Crippen molar-refractivity contribution in [2.75, 3.05) is 0 Å². The summed E-state index contributed by atoms with van der Waals surface area (Å²) in [5.41, 5.74) is 4.79. The van der Waals surface area contributed by atoms with E-state index >= 15 is 0 Å². The molecule has 1 amide bonds. The molecule has 132 valence electrons. The normalized spacial score (nSPS) is 16.1. The Kier molecular flexibility index (Phi) is 3.69. The second kappa shape index (κ2) is 6.21. The van der Waals surface area contributed by atoms with Gasteiger partial charge < -0.3 is 9.88 Å². The molecule has 1 unspecified atom stereocenters. The van der Waals surface area contributed by atoms with E-state index in [9.17, 15) is 4.79 Å². The third-order valence-corrected chi connectivity index (χ3v) is 5.39. The maximum atomic E-state index is 13.2. The fourth-order valence-electron chi connectivity index (χ4n) is 3.88. The second-order valence-corrected chi connectivity index (χ2v) is 7.08. The van der Waals surface area contributed by atoms with E-state index in [0.717, 1.165) is 27.7 Å². The number of aromatic amines is 1. The number of rotatable bonds is 3. The average molecular weight is 371 g/mol. The van der Waals surface area contributed by atoms with Crippen molar-refractivity contribution in [3.63, 3.8) is 0 Å². The molecule has 5 rings (SSSR count). The molecule has 2 heterocycles. The van der Waals surface area contributed by atoms with Crippen LogP contribution in [0.5, 0.6) is 0 Å². The fraction of sp³-hybridized carbons (Fsp3) is 0.0909. The summed E-state index contributed by atoms with van der Waals surface area (Å²) in [4.78, 5) is 18.4. The molecule has 0 saturated heterocycles. The maximum absolute atomic E-state index is 13.2. The Morgan fingerprint density at radius 3 is 2.44 bits per heavy atom. The molecular formula is C22H17N3OS. The number of carbonyl (C=O) groups excluding carboxylic acids is 1. The predicted molar refractivity (Wildman–Crippen MR) is 108 cm³/mol. The standard InChI is InChI=1S/C22H17N3OS/c26-21-17-11-5-4-10-16(17)20(24(21)14-15-8-2-1-3-9-15)25-19-13-7-6-12-18(19)23-22(25)27/h1-13,20H,14H2,(H,23,27). The summed E-state index contributed by atoms with van der Waals surface area (Å²) in [7, 11) is 0. The van der Waals surface area contributed by atoms with Crippen LogP contribution in [-0.4, -0.2) is 20.4 Å². The van der Waals surface area contributed by atoms with E-state index in [2.05, 4.69) is 9.55 Å². The minimum atomic E-state index is -0.266. The molecule has 4 aromatic rings. The minimum Gasteiger partial charge on any atom is -0.331 e. The average Bonchev–Trinajstić information content (AvgIpc) is 3.17. The highest BCUT2D eigenvalue weighted by Gasteiger charge is 2.38. The Bertz CT molecular complexity index is 1210. The number of fused-ring (bicyclic) bond motifs is 2. The molecule has 1 N–H and O–H groups in total. The van der Waals surface area contributed by atoms with Crippen molar-refractivity contribution in [2.24, 2.45) is 0 Å². The van der Waals surface area contributed by atoms with Gasteiger partial charge in [-0.2, -0.15) is 0 Å². The van der Waals surface area contributed by atoms with Crippen molar-refractivity contribution < 1.29 is 4.79 Å². The van der Waals surface area contributed by atoms with Crippen molar-refractivity contribution in [1.29, 1.82) is 0 Å². The number of carbonyl (C=O) groups is 1. The molecule has 0 aliphatic carbocycles. The lowest BCUT2D eigenvalue weighted by atomic mass is 10.1. The number of amides is 1. The summed E-state index contributed by atoms with van der Waals surface area (Å²) in [5.74, 6) is 0.0339. The van der Waals surface area contributed by atoms with Crippen LogP contribution in [0.4, 0.5) is 0 Å². The largest absolute Gasteiger partial charge is 0.331 e. The van der Waals surface area contributed by atoms with Crippen LogP contribution >= 0.6 is 12.2 Å². The molecule has 0 bridgehead atoms. The quantitative estimate of drug-likeness (QED) is 0.520. The minimum absolute atomic E-state index is 0.0339. The third-order valence-electron chi connectivity index (χ3n) is 5.09. The molecule has 0 spiro atoms. The Morgan fingerprint density at radius 1 is 0.889 bits per heavy atom. The molecule has 5 heteroatoms. The van der Waals surface area contributed by atoms with Gasteiger partial charge in [-0.3, -0.25) is 9.36 Å². The van der Waals surface area contributed by atoms with Crippen LogP contribution in [-0.2, 0) is 6.54 Å². The van der Waals surface area contributed by atoms with E-state index < -0.39 is 0 Å². The van der Waals surface area contributed by atoms with Gasteiger partial charge in [0.1, 0.15) is 6.17 Å². The van der Waals surface area contributed by atoms with Gasteiger partial charge in [-0.1, -0.05) is 60.7 Å². The smallest absolute Gasteiger partial charge is 0.256 e. The Labute approximate surface area is 161 Å². The van der Waals surface area contributed by atoms with Crippen LogP contribution in [0, 0.1) is 4.77 Å². The summed E-state index contributed by atoms with van der Waals surface area (Å²) in [5, 5.41) is 0. The molecule has 1 aliphatic rings. The van der Waals surface area contributed by atoms with Crippen LogP contribution < -0.4 is 0 Å². The van der Waals surface area contributed by atoms with Crippen LogP contribution in [0.2, 0.25) is 0 Å². The Morgan fingerprint density at radius 2 is 1.59 bits per heavy atom. The molecular weight excluding hydrogens is 354 g/mol. The van der Waals surface area contributed by atoms with Gasteiger partial charge in [0.25, 0.3) is 5.91 Å². The number of nitrogens with one attached hydrogen (secondary N) is 1. The van der Waals surface area contributed by atoms with E-state index in [1.807, 2.05) is 83.8 Å². The Hall–Kier alpha value is -3.18. The number of para-hydroxylation sites is 2. The van der Waals surface area contributed by atoms with E-state index in [4.69, 9.17) is 12.2 Å².